The van der Waals surface area contributed by atoms with Gasteiger partial charge in [-0.2, -0.15) is 9.64 Å². The van der Waals surface area contributed by atoms with Gasteiger partial charge in [0.05, 0.1) is 12.1 Å². The zero-order valence-electron chi connectivity index (χ0n) is 12.8. The smallest absolute Gasteiger partial charge is 0.205 e. The fourth-order valence-electron chi connectivity index (χ4n) is 2.30. The third-order valence-electron chi connectivity index (χ3n) is 3.65. The van der Waals surface area contributed by atoms with Gasteiger partial charge in [-0.1, -0.05) is 27.7 Å². The van der Waals surface area contributed by atoms with Crippen LogP contribution in [0, 0.1) is 11.3 Å². The lowest BCUT2D eigenvalue weighted by atomic mass is 9.96. The Kier molecular flexibility index (Phi) is 4.61. The Balaban J connectivity index is 1.97. The van der Waals surface area contributed by atoms with Crippen LogP contribution in [0.1, 0.15) is 39.9 Å². The van der Waals surface area contributed by atoms with Gasteiger partial charge in [0.15, 0.2) is 0 Å². The first-order valence-corrected chi connectivity index (χ1v) is 7.96. The Morgan fingerprint density at radius 1 is 1.30 bits per heavy atom. The van der Waals surface area contributed by atoms with Crippen LogP contribution in [0.3, 0.4) is 0 Å². The van der Waals surface area contributed by atoms with Crippen LogP contribution in [0.15, 0.2) is 0 Å². The number of piperazine rings is 1. The maximum atomic E-state index is 9.13. The van der Waals surface area contributed by atoms with Crippen molar-refractivity contribution < 1.29 is 0 Å². The maximum absolute atomic E-state index is 9.13. The monoisotopic (exact) mass is 293 g/mol. The fourth-order valence-corrected chi connectivity index (χ4v) is 3.21. The molecule has 110 valence electrons. The van der Waals surface area contributed by atoms with Crippen molar-refractivity contribution in [1.29, 1.82) is 5.26 Å². The first kappa shape index (κ1) is 15.2. The molecule has 0 N–H and O–H groups in total. The number of nitrogens with zero attached hydrogens (tertiary/aromatic N) is 5. The van der Waals surface area contributed by atoms with Crippen LogP contribution in [0.25, 0.3) is 0 Å². The summed E-state index contributed by atoms with van der Waals surface area (Å²) < 4.78 is 4.47. The van der Waals surface area contributed by atoms with Crippen molar-refractivity contribution in [3.8, 4) is 6.07 Å². The molecule has 0 aromatic carbocycles. The number of hydrogen-bond acceptors (Lipinski definition) is 6. The predicted molar refractivity (Wildman–Crippen MR) is 82.1 cm³/mol. The summed E-state index contributed by atoms with van der Waals surface area (Å²) in [5, 5.41) is 10.1. The van der Waals surface area contributed by atoms with Crippen molar-refractivity contribution in [2.75, 3.05) is 31.1 Å². The summed E-state index contributed by atoms with van der Waals surface area (Å²) in [6, 6.07) is 2.43. The van der Waals surface area contributed by atoms with Gasteiger partial charge < -0.3 is 4.90 Å². The summed E-state index contributed by atoms with van der Waals surface area (Å²) in [5.74, 6) is 0.920. The van der Waals surface area contributed by atoms with Gasteiger partial charge in [0.1, 0.15) is 5.82 Å². The second kappa shape index (κ2) is 6.06. The van der Waals surface area contributed by atoms with Crippen LogP contribution in [-0.2, 0) is 5.41 Å². The van der Waals surface area contributed by atoms with E-state index in [1.165, 1.54) is 11.5 Å². The van der Waals surface area contributed by atoms with E-state index in [0.29, 0.717) is 0 Å². The zero-order valence-corrected chi connectivity index (χ0v) is 13.6. The molecule has 1 aliphatic heterocycles. The van der Waals surface area contributed by atoms with Gasteiger partial charge >= 0.3 is 0 Å². The van der Waals surface area contributed by atoms with Crippen molar-refractivity contribution in [3.05, 3.63) is 5.82 Å². The lowest BCUT2D eigenvalue weighted by Gasteiger charge is -2.36. The molecular formula is C14H23N5S. The van der Waals surface area contributed by atoms with Crippen LogP contribution in [0.5, 0.6) is 0 Å². The van der Waals surface area contributed by atoms with Crippen LogP contribution in [0.2, 0.25) is 0 Å². The third kappa shape index (κ3) is 3.28. The van der Waals surface area contributed by atoms with E-state index in [-0.39, 0.29) is 11.5 Å². The van der Waals surface area contributed by atoms with Crippen LogP contribution in [-0.4, -0.2) is 46.5 Å². The molecule has 20 heavy (non-hydrogen) atoms. The van der Waals surface area contributed by atoms with Gasteiger partial charge in [0.2, 0.25) is 5.13 Å². The van der Waals surface area contributed by atoms with Gasteiger partial charge in [-0.3, -0.25) is 4.90 Å². The predicted octanol–water partition coefficient (Wildman–Crippen LogP) is 2.26. The molecule has 5 nitrogen and oxygen atoms in total. The number of nitriles is 1. The zero-order chi connectivity index (χ0) is 14.8. The molecular weight excluding hydrogens is 270 g/mol. The summed E-state index contributed by atoms with van der Waals surface area (Å²) >= 11 is 1.49. The SMILES string of the molecule is CCC(C#N)N1CCN(c2nc(C(C)(C)C)ns2)CC1. The maximum Gasteiger partial charge on any atom is 0.205 e. The normalized spacial score (nSPS) is 18.9. The molecule has 1 fully saturated rings. The third-order valence-corrected chi connectivity index (χ3v) is 4.42. The molecule has 1 saturated heterocycles. The summed E-state index contributed by atoms with van der Waals surface area (Å²) in [6.45, 7) is 12.2. The molecule has 0 saturated carbocycles. The van der Waals surface area contributed by atoms with Crippen LogP contribution in [0.4, 0.5) is 5.13 Å². The Hall–Kier alpha value is -1.19. The molecule has 2 heterocycles. The largest absolute Gasteiger partial charge is 0.344 e. The Morgan fingerprint density at radius 2 is 1.95 bits per heavy atom. The molecule has 1 aromatic heterocycles. The average Bonchev–Trinajstić information content (AvgIpc) is 2.90. The molecule has 1 aromatic rings. The van der Waals surface area contributed by atoms with Gasteiger partial charge in [-0.05, 0) is 6.42 Å². The molecule has 1 atom stereocenters. The minimum atomic E-state index is 0.00465. The lowest BCUT2D eigenvalue weighted by Crippen LogP contribution is -2.50. The summed E-state index contributed by atoms with van der Waals surface area (Å²) in [4.78, 5) is 9.22. The van der Waals surface area contributed by atoms with Crippen LogP contribution >= 0.6 is 11.5 Å². The number of hydrogen-bond donors (Lipinski definition) is 0. The van der Waals surface area contributed by atoms with E-state index in [4.69, 9.17) is 5.26 Å². The van der Waals surface area contributed by atoms with Gasteiger partial charge in [0, 0.05) is 43.1 Å². The molecule has 1 unspecified atom stereocenters. The van der Waals surface area contributed by atoms with Gasteiger partial charge in [0.25, 0.3) is 0 Å². The Labute approximate surface area is 125 Å². The van der Waals surface area contributed by atoms with E-state index in [0.717, 1.165) is 43.6 Å². The molecule has 6 heteroatoms. The summed E-state index contributed by atoms with van der Waals surface area (Å²) in [6.07, 6.45) is 0.892. The first-order chi connectivity index (χ1) is 9.45. The minimum absolute atomic E-state index is 0.00465. The molecule has 0 spiro atoms. The van der Waals surface area contributed by atoms with E-state index in [2.05, 4.69) is 52.9 Å². The van der Waals surface area contributed by atoms with E-state index < -0.39 is 0 Å². The quantitative estimate of drug-likeness (QED) is 0.855. The lowest BCUT2D eigenvalue weighted by molar-refractivity contribution is 0.216. The average molecular weight is 293 g/mol. The van der Waals surface area contributed by atoms with Crippen molar-refractivity contribution in [2.45, 2.75) is 45.6 Å². The number of rotatable bonds is 3. The fraction of sp³-hybridized carbons (Fsp3) is 0.786. The van der Waals surface area contributed by atoms with Crippen molar-refractivity contribution in [2.24, 2.45) is 0 Å². The first-order valence-electron chi connectivity index (χ1n) is 7.18. The minimum Gasteiger partial charge on any atom is -0.344 e. The van der Waals surface area contributed by atoms with E-state index in [9.17, 15) is 0 Å². The Morgan fingerprint density at radius 3 is 2.40 bits per heavy atom. The summed E-state index contributed by atoms with van der Waals surface area (Å²) in [7, 11) is 0. The summed E-state index contributed by atoms with van der Waals surface area (Å²) in [5.41, 5.74) is 0.00465. The van der Waals surface area contributed by atoms with Crippen LogP contribution < -0.4 is 4.90 Å². The van der Waals surface area contributed by atoms with Gasteiger partial charge in [-0.25, -0.2) is 4.98 Å². The second-order valence-corrected chi connectivity index (χ2v) is 6.96. The van der Waals surface area contributed by atoms with Crippen molar-refractivity contribution in [1.82, 2.24) is 14.3 Å². The van der Waals surface area contributed by atoms with E-state index in [1.54, 1.807) is 0 Å². The molecule has 0 aliphatic carbocycles. The Bertz CT molecular complexity index is 476. The molecule has 2 rings (SSSR count). The van der Waals surface area contributed by atoms with E-state index >= 15 is 0 Å². The molecule has 1 aliphatic rings. The molecule has 0 radical (unpaired) electrons. The van der Waals surface area contributed by atoms with Crippen molar-refractivity contribution >= 4 is 16.7 Å². The highest BCUT2D eigenvalue weighted by molar-refractivity contribution is 7.09. The van der Waals surface area contributed by atoms with E-state index in [1.807, 2.05) is 0 Å². The molecule has 0 bridgehead atoms. The topological polar surface area (TPSA) is 56.1 Å². The highest BCUT2D eigenvalue weighted by Gasteiger charge is 2.26. The highest BCUT2D eigenvalue weighted by atomic mass is 32.1. The van der Waals surface area contributed by atoms with Crippen molar-refractivity contribution in [3.63, 3.8) is 0 Å². The standard InChI is InChI=1S/C14H23N5S/c1-5-11(10-15)18-6-8-19(9-7-18)13-16-12(17-20-13)14(2,3)4/h11H,5-9H2,1-4H3. The number of anilines is 1. The van der Waals surface area contributed by atoms with Gasteiger partial charge in [-0.15, -0.1) is 0 Å². The molecule has 0 amide bonds. The highest BCUT2D eigenvalue weighted by Crippen LogP contribution is 2.26. The number of aromatic nitrogens is 2. The second-order valence-electron chi connectivity index (χ2n) is 6.23.